The van der Waals surface area contributed by atoms with Gasteiger partial charge in [0.1, 0.15) is 5.92 Å². The van der Waals surface area contributed by atoms with Crippen LogP contribution in [0.2, 0.25) is 0 Å². The first-order valence-corrected chi connectivity index (χ1v) is 5.90. The fourth-order valence-electron chi connectivity index (χ4n) is 1.90. The zero-order chi connectivity index (χ0) is 13.2. The number of nitrogens with zero attached hydrogens (tertiary/aromatic N) is 1. The van der Waals surface area contributed by atoms with Crippen LogP contribution in [-0.2, 0) is 0 Å². The minimum Gasteiger partial charge on any atom is -0.293 e. The van der Waals surface area contributed by atoms with E-state index < -0.39 is 5.92 Å². The molecular formula is C15H19NO. The Kier molecular flexibility index (Phi) is 4.07. The first kappa shape index (κ1) is 13.4. The highest BCUT2D eigenvalue weighted by molar-refractivity contribution is 6.01. The van der Waals surface area contributed by atoms with E-state index in [4.69, 9.17) is 5.26 Å². The van der Waals surface area contributed by atoms with Gasteiger partial charge in [-0.3, -0.25) is 4.79 Å². The molecule has 17 heavy (non-hydrogen) atoms. The van der Waals surface area contributed by atoms with Gasteiger partial charge in [0.25, 0.3) is 0 Å². The number of rotatable bonds is 3. The number of carbonyl (C=O) groups excluding carboxylic acids is 1. The summed E-state index contributed by atoms with van der Waals surface area (Å²) in [5, 5.41) is 9.07. The summed E-state index contributed by atoms with van der Waals surface area (Å²) in [4.78, 5) is 12.3. The van der Waals surface area contributed by atoms with Crippen molar-refractivity contribution in [2.24, 2.45) is 11.8 Å². The van der Waals surface area contributed by atoms with Gasteiger partial charge in [-0.15, -0.1) is 0 Å². The molecule has 0 aliphatic rings. The fraction of sp³-hybridized carbons (Fsp3) is 0.467. The summed E-state index contributed by atoms with van der Waals surface area (Å²) in [5.74, 6) is -0.549. The summed E-state index contributed by atoms with van der Waals surface area (Å²) < 4.78 is 0. The van der Waals surface area contributed by atoms with E-state index in [2.05, 4.69) is 6.07 Å². The Morgan fingerprint density at radius 3 is 2.12 bits per heavy atom. The predicted molar refractivity (Wildman–Crippen MR) is 68.9 cm³/mol. The highest BCUT2D eigenvalue weighted by Crippen LogP contribution is 2.22. The lowest BCUT2D eigenvalue weighted by atomic mass is 9.86. The molecule has 1 atom stereocenters. The van der Waals surface area contributed by atoms with Crippen LogP contribution in [0.15, 0.2) is 12.1 Å². The van der Waals surface area contributed by atoms with E-state index in [0.29, 0.717) is 5.56 Å². The van der Waals surface area contributed by atoms with Gasteiger partial charge in [0.2, 0.25) is 0 Å². The molecule has 2 nitrogen and oxygen atoms in total. The maximum Gasteiger partial charge on any atom is 0.180 e. The largest absolute Gasteiger partial charge is 0.293 e. The van der Waals surface area contributed by atoms with Gasteiger partial charge in [-0.2, -0.15) is 5.26 Å². The molecule has 1 rings (SSSR count). The highest BCUT2D eigenvalue weighted by Gasteiger charge is 2.24. The van der Waals surface area contributed by atoms with Gasteiger partial charge < -0.3 is 0 Å². The summed E-state index contributed by atoms with van der Waals surface area (Å²) in [5.41, 5.74) is 3.92. The molecule has 1 unspecified atom stereocenters. The van der Waals surface area contributed by atoms with E-state index >= 15 is 0 Å². The molecule has 0 radical (unpaired) electrons. The molecule has 0 spiro atoms. The zero-order valence-electron chi connectivity index (χ0n) is 11.2. The minimum absolute atomic E-state index is 0.0495. The second-order valence-corrected chi connectivity index (χ2v) is 4.97. The molecular weight excluding hydrogens is 210 g/mol. The lowest BCUT2D eigenvalue weighted by Crippen LogP contribution is -2.19. The van der Waals surface area contributed by atoms with Crippen molar-refractivity contribution < 1.29 is 4.79 Å². The number of carbonyl (C=O) groups is 1. The third-order valence-corrected chi connectivity index (χ3v) is 3.19. The number of ketones is 1. The molecule has 0 aliphatic carbocycles. The van der Waals surface area contributed by atoms with E-state index in [1.807, 2.05) is 46.8 Å². The third-order valence-electron chi connectivity index (χ3n) is 3.19. The second-order valence-electron chi connectivity index (χ2n) is 4.97. The molecule has 90 valence electrons. The number of Topliss-reactive ketones (excluding diaryl/α,β-unsaturated/α-hetero) is 1. The van der Waals surface area contributed by atoms with Crippen LogP contribution in [-0.4, -0.2) is 5.78 Å². The number of nitriles is 1. The standard InChI is InChI=1S/C15H19NO/c1-9(2)14(8-16)15(17)13-7-11(4)10(3)6-12(13)5/h6-7,9,14H,1-5H3. The average Bonchev–Trinajstić information content (AvgIpc) is 2.23. The van der Waals surface area contributed by atoms with Crippen molar-refractivity contribution in [1.82, 2.24) is 0 Å². The minimum atomic E-state index is -0.546. The maximum atomic E-state index is 12.3. The van der Waals surface area contributed by atoms with Crippen LogP contribution in [0.1, 0.15) is 40.9 Å². The molecule has 1 aromatic rings. The Labute approximate surface area is 103 Å². The average molecular weight is 229 g/mol. The van der Waals surface area contributed by atoms with Crippen LogP contribution in [0.4, 0.5) is 0 Å². The summed E-state index contributed by atoms with van der Waals surface area (Å²) in [6, 6.07) is 6.03. The molecule has 2 heteroatoms. The van der Waals surface area contributed by atoms with Crippen molar-refractivity contribution in [3.05, 3.63) is 34.4 Å². The Morgan fingerprint density at radius 1 is 1.12 bits per heavy atom. The summed E-state index contributed by atoms with van der Waals surface area (Å²) in [7, 11) is 0. The topological polar surface area (TPSA) is 40.9 Å². The van der Waals surface area contributed by atoms with Crippen LogP contribution in [0.5, 0.6) is 0 Å². The summed E-state index contributed by atoms with van der Waals surface area (Å²) >= 11 is 0. The normalized spacial score (nSPS) is 12.3. The van der Waals surface area contributed by atoms with E-state index in [1.165, 1.54) is 5.56 Å². The van der Waals surface area contributed by atoms with Crippen LogP contribution in [0.25, 0.3) is 0 Å². The number of hydrogen-bond donors (Lipinski definition) is 0. The lowest BCUT2D eigenvalue weighted by molar-refractivity contribution is 0.0923. The van der Waals surface area contributed by atoms with Gasteiger partial charge >= 0.3 is 0 Å². The molecule has 0 amide bonds. The Bertz CT molecular complexity index is 480. The van der Waals surface area contributed by atoms with Crippen LogP contribution >= 0.6 is 0 Å². The van der Waals surface area contributed by atoms with Crippen LogP contribution < -0.4 is 0 Å². The van der Waals surface area contributed by atoms with Gasteiger partial charge in [0, 0.05) is 5.56 Å². The zero-order valence-corrected chi connectivity index (χ0v) is 11.2. The SMILES string of the molecule is Cc1cc(C)c(C(=O)C(C#N)C(C)C)cc1C. The Balaban J connectivity index is 3.22. The molecule has 0 aliphatic heterocycles. The molecule has 0 bridgehead atoms. The summed E-state index contributed by atoms with van der Waals surface area (Å²) in [6.07, 6.45) is 0. The number of aryl methyl sites for hydroxylation is 3. The van der Waals surface area contributed by atoms with Crippen molar-refractivity contribution in [3.8, 4) is 6.07 Å². The van der Waals surface area contributed by atoms with Gasteiger partial charge in [-0.1, -0.05) is 19.9 Å². The summed E-state index contributed by atoms with van der Waals surface area (Å²) in [6.45, 7) is 9.75. The van der Waals surface area contributed by atoms with Crippen LogP contribution in [0, 0.1) is 43.9 Å². The van der Waals surface area contributed by atoms with E-state index in [0.717, 1.165) is 11.1 Å². The number of hydrogen-bond acceptors (Lipinski definition) is 2. The van der Waals surface area contributed by atoms with Gasteiger partial charge in [0.05, 0.1) is 6.07 Å². The van der Waals surface area contributed by atoms with Crippen LogP contribution in [0.3, 0.4) is 0 Å². The second kappa shape index (κ2) is 5.14. The first-order chi connectivity index (χ1) is 7.88. The smallest absolute Gasteiger partial charge is 0.180 e. The molecule has 0 fully saturated rings. The van der Waals surface area contributed by atoms with E-state index in [1.54, 1.807) is 0 Å². The van der Waals surface area contributed by atoms with Crippen molar-refractivity contribution in [2.75, 3.05) is 0 Å². The Hall–Kier alpha value is -1.62. The molecule has 0 N–H and O–H groups in total. The van der Waals surface area contributed by atoms with Crippen molar-refractivity contribution >= 4 is 5.78 Å². The van der Waals surface area contributed by atoms with Gasteiger partial charge in [-0.05, 0) is 49.4 Å². The van der Waals surface area contributed by atoms with Crippen molar-refractivity contribution in [2.45, 2.75) is 34.6 Å². The third kappa shape index (κ3) is 2.74. The first-order valence-electron chi connectivity index (χ1n) is 5.90. The molecule has 0 heterocycles. The van der Waals surface area contributed by atoms with Crippen molar-refractivity contribution in [1.29, 1.82) is 5.26 Å². The van der Waals surface area contributed by atoms with E-state index in [9.17, 15) is 4.79 Å². The monoisotopic (exact) mass is 229 g/mol. The molecule has 1 aromatic carbocycles. The molecule has 0 saturated carbocycles. The van der Waals surface area contributed by atoms with E-state index in [-0.39, 0.29) is 11.7 Å². The van der Waals surface area contributed by atoms with Gasteiger partial charge in [0.15, 0.2) is 5.78 Å². The fourth-order valence-corrected chi connectivity index (χ4v) is 1.90. The molecule has 0 saturated heterocycles. The predicted octanol–water partition coefficient (Wildman–Crippen LogP) is 3.59. The van der Waals surface area contributed by atoms with Crippen molar-refractivity contribution in [3.63, 3.8) is 0 Å². The van der Waals surface area contributed by atoms with Gasteiger partial charge in [-0.25, -0.2) is 0 Å². The maximum absolute atomic E-state index is 12.3. The lowest BCUT2D eigenvalue weighted by Gasteiger charge is -2.14. The highest BCUT2D eigenvalue weighted by atomic mass is 16.1. The number of benzene rings is 1. The molecule has 0 aromatic heterocycles. The quantitative estimate of drug-likeness (QED) is 0.743. The Morgan fingerprint density at radius 2 is 1.65 bits per heavy atom.